The molecule has 1 saturated carbocycles. The summed E-state index contributed by atoms with van der Waals surface area (Å²) in [5, 5.41) is 15.8. The number of ether oxygens (including phenoxy) is 1. The summed E-state index contributed by atoms with van der Waals surface area (Å²) < 4.78 is 19.3. The van der Waals surface area contributed by atoms with Crippen LogP contribution >= 0.6 is 0 Å². The van der Waals surface area contributed by atoms with Gasteiger partial charge in [-0.25, -0.2) is 9.37 Å². The van der Waals surface area contributed by atoms with Crippen molar-refractivity contribution < 1.29 is 23.8 Å². The number of hydrogen-bond donors (Lipinski definition) is 3. The molecule has 1 fully saturated rings. The first-order valence-corrected chi connectivity index (χ1v) is 12.6. The minimum Gasteiger partial charge on any atom is -0.493 e. The second-order valence-electron chi connectivity index (χ2n) is 9.57. The Hall–Kier alpha value is -5.31. The van der Waals surface area contributed by atoms with Gasteiger partial charge in [0.25, 0.3) is 0 Å². The Kier molecular flexibility index (Phi) is 6.31. The molecule has 6 rings (SSSR count). The van der Waals surface area contributed by atoms with Crippen LogP contribution in [-0.2, 0) is 9.59 Å². The van der Waals surface area contributed by atoms with E-state index in [0.29, 0.717) is 35.7 Å². The fourth-order valence-corrected chi connectivity index (χ4v) is 4.40. The number of fused-ring (bicyclic) bond motifs is 1. The van der Waals surface area contributed by atoms with Gasteiger partial charge in [0.2, 0.25) is 17.7 Å². The van der Waals surface area contributed by atoms with Crippen molar-refractivity contribution in [2.24, 2.45) is 5.41 Å². The fourth-order valence-electron chi connectivity index (χ4n) is 4.40. The van der Waals surface area contributed by atoms with E-state index in [1.807, 2.05) is 18.2 Å². The predicted molar refractivity (Wildman–Crippen MR) is 148 cm³/mol. The Morgan fingerprint density at radius 2 is 1.45 bits per heavy atom. The van der Waals surface area contributed by atoms with Crippen molar-refractivity contribution in [2.45, 2.75) is 12.8 Å². The summed E-state index contributed by atoms with van der Waals surface area (Å²) >= 11 is 0. The number of carbonyl (C=O) groups is 2. The van der Waals surface area contributed by atoms with Gasteiger partial charge < -0.3 is 20.5 Å². The molecule has 198 valence electrons. The number of rotatable bonds is 7. The van der Waals surface area contributed by atoms with Gasteiger partial charge in [-0.15, -0.1) is 0 Å². The lowest BCUT2D eigenvalue weighted by Crippen LogP contribution is -2.35. The number of hydrogen-bond acceptors (Lipinski definition) is 6. The van der Waals surface area contributed by atoms with Crippen molar-refractivity contribution in [3.05, 3.63) is 103 Å². The summed E-state index contributed by atoms with van der Waals surface area (Å²) in [6, 6.07) is 23.2. The lowest BCUT2D eigenvalue weighted by atomic mass is 10.0. The third-order valence-corrected chi connectivity index (χ3v) is 6.85. The Labute approximate surface area is 228 Å². The summed E-state index contributed by atoms with van der Waals surface area (Å²) in [5.41, 5.74) is 2.32. The maximum Gasteiger partial charge on any atom is 0.240 e. The van der Waals surface area contributed by atoms with E-state index in [0.717, 1.165) is 22.0 Å². The van der Waals surface area contributed by atoms with Gasteiger partial charge in [0, 0.05) is 40.8 Å². The molecule has 40 heavy (non-hydrogen) atoms. The second kappa shape index (κ2) is 10.1. The molecule has 0 aliphatic heterocycles. The number of nitrogens with one attached hydrogen (secondary N) is 2. The molecule has 0 saturated heterocycles. The van der Waals surface area contributed by atoms with E-state index < -0.39 is 17.1 Å². The molecule has 8 nitrogen and oxygen atoms in total. The number of pyridine rings is 2. The maximum atomic E-state index is 13.1. The SMILES string of the molecule is O=C(Nc1ccc(F)cc1)C1(C(=O)Nc2ccc(Oc3ccnc4cc(-c5ccc(O)nc5)ccc34)cc2)CC1. The standard InChI is InChI=1S/C31H23FN4O4/c32-21-3-5-22(6-4-21)35-29(38)31(14-15-31)30(39)36-23-7-9-24(10-8-23)40-27-13-16-33-26-17-19(1-11-25(26)27)20-2-12-28(37)34-18-20/h1-13,16-18H,14-15H2,(H,34,37)(H,35,38)(H,36,39). The van der Waals surface area contributed by atoms with Crippen molar-refractivity contribution in [2.75, 3.05) is 10.6 Å². The van der Waals surface area contributed by atoms with E-state index in [4.69, 9.17) is 4.74 Å². The molecule has 2 heterocycles. The Bertz CT molecular complexity index is 1720. The third kappa shape index (κ3) is 5.04. The van der Waals surface area contributed by atoms with Crippen LogP contribution in [0.1, 0.15) is 12.8 Å². The molecule has 0 bridgehead atoms. The molecule has 0 atom stereocenters. The fraction of sp³-hybridized carbons (Fsp3) is 0.0968. The zero-order valence-electron chi connectivity index (χ0n) is 21.1. The van der Waals surface area contributed by atoms with Gasteiger partial charge in [0.15, 0.2) is 0 Å². The number of amides is 2. The monoisotopic (exact) mass is 534 g/mol. The molecular weight excluding hydrogens is 511 g/mol. The van der Waals surface area contributed by atoms with Crippen molar-refractivity contribution in [1.29, 1.82) is 0 Å². The number of nitrogens with zero attached hydrogens (tertiary/aromatic N) is 2. The summed E-state index contributed by atoms with van der Waals surface area (Å²) in [4.78, 5) is 34.1. The van der Waals surface area contributed by atoms with Crippen molar-refractivity contribution in [3.63, 3.8) is 0 Å². The zero-order chi connectivity index (χ0) is 27.7. The van der Waals surface area contributed by atoms with E-state index in [-0.39, 0.29) is 11.8 Å². The Balaban J connectivity index is 1.13. The average Bonchev–Trinajstić information content (AvgIpc) is 3.78. The number of aromatic hydroxyl groups is 1. The Morgan fingerprint density at radius 1 is 0.800 bits per heavy atom. The van der Waals surface area contributed by atoms with E-state index in [2.05, 4.69) is 20.6 Å². The molecule has 3 N–H and O–H groups in total. The number of aromatic nitrogens is 2. The van der Waals surface area contributed by atoms with Crippen molar-refractivity contribution in [3.8, 4) is 28.5 Å². The molecule has 0 spiro atoms. The highest BCUT2D eigenvalue weighted by atomic mass is 19.1. The van der Waals surface area contributed by atoms with Gasteiger partial charge in [-0.2, -0.15) is 0 Å². The lowest BCUT2D eigenvalue weighted by Gasteiger charge is -2.16. The van der Waals surface area contributed by atoms with Gasteiger partial charge in [-0.05, 0) is 91.2 Å². The largest absolute Gasteiger partial charge is 0.493 e. The molecule has 1 aliphatic carbocycles. The molecule has 3 aromatic carbocycles. The highest BCUT2D eigenvalue weighted by molar-refractivity contribution is 6.16. The molecule has 5 aromatic rings. The molecular formula is C31H23FN4O4. The van der Waals surface area contributed by atoms with E-state index >= 15 is 0 Å². The van der Waals surface area contributed by atoms with Crippen LogP contribution in [0, 0.1) is 11.2 Å². The summed E-state index contributed by atoms with van der Waals surface area (Å²) in [5.74, 6) is -0.0622. The van der Waals surface area contributed by atoms with E-state index in [1.165, 1.54) is 30.3 Å². The third-order valence-electron chi connectivity index (χ3n) is 6.85. The molecule has 9 heteroatoms. The van der Waals surface area contributed by atoms with Crippen LogP contribution in [0.4, 0.5) is 15.8 Å². The van der Waals surface area contributed by atoms with Crippen molar-refractivity contribution in [1.82, 2.24) is 9.97 Å². The minimum absolute atomic E-state index is 0.0386. The highest BCUT2D eigenvalue weighted by Crippen LogP contribution is 2.47. The maximum absolute atomic E-state index is 13.1. The number of carbonyl (C=O) groups excluding carboxylic acids is 2. The molecule has 1 aliphatic rings. The van der Waals surface area contributed by atoms with Crippen LogP contribution in [0.3, 0.4) is 0 Å². The molecule has 2 amide bonds. The summed E-state index contributed by atoms with van der Waals surface area (Å²) in [6.45, 7) is 0. The van der Waals surface area contributed by atoms with Gasteiger partial charge in [-0.1, -0.05) is 6.07 Å². The average molecular weight is 535 g/mol. The lowest BCUT2D eigenvalue weighted by molar-refractivity contribution is -0.131. The minimum atomic E-state index is -1.14. The predicted octanol–water partition coefficient (Wildman–Crippen LogP) is 6.29. The van der Waals surface area contributed by atoms with Gasteiger partial charge in [-0.3, -0.25) is 14.6 Å². The first-order valence-electron chi connectivity index (χ1n) is 12.6. The number of anilines is 2. The number of benzene rings is 3. The number of halogens is 1. The highest BCUT2D eigenvalue weighted by Gasteiger charge is 2.56. The molecule has 0 unspecified atom stereocenters. The zero-order valence-corrected chi connectivity index (χ0v) is 21.1. The van der Waals surface area contributed by atoms with Crippen LogP contribution < -0.4 is 15.4 Å². The summed E-state index contributed by atoms with van der Waals surface area (Å²) in [6.07, 6.45) is 4.14. The smallest absolute Gasteiger partial charge is 0.240 e. The first kappa shape index (κ1) is 25.0. The Morgan fingerprint density at radius 3 is 2.08 bits per heavy atom. The quantitative estimate of drug-likeness (QED) is 0.212. The topological polar surface area (TPSA) is 113 Å². The van der Waals surface area contributed by atoms with Gasteiger partial charge >= 0.3 is 0 Å². The van der Waals surface area contributed by atoms with Crippen molar-refractivity contribution >= 4 is 34.1 Å². The van der Waals surface area contributed by atoms with Crippen LogP contribution in [0.15, 0.2) is 97.3 Å². The normalized spacial score (nSPS) is 13.4. The molecule has 2 aromatic heterocycles. The second-order valence-corrected chi connectivity index (χ2v) is 9.57. The van der Waals surface area contributed by atoms with E-state index in [9.17, 15) is 19.1 Å². The van der Waals surface area contributed by atoms with Crippen LogP contribution in [0.2, 0.25) is 0 Å². The van der Waals surface area contributed by atoms with Gasteiger partial charge in [0.05, 0.1) is 5.52 Å². The molecule has 0 radical (unpaired) electrons. The van der Waals surface area contributed by atoms with Crippen LogP contribution in [-0.4, -0.2) is 26.9 Å². The summed E-state index contributed by atoms with van der Waals surface area (Å²) in [7, 11) is 0. The van der Waals surface area contributed by atoms with Gasteiger partial charge in [0.1, 0.15) is 22.7 Å². The first-order chi connectivity index (χ1) is 19.4. The van der Waals surface area contributed by atoms with Crippen LogP contribution in [0.25, 0.3) is 22.0 Å². The van der Waals surface area contributed by atoms with Crippen LogP contribution in [0.5, 0.6) is 17.4 Å². The van der Waals surface area contributed by atoms with E-state index in [1.54, 1.807) is 48.8 Å².